The van der Waals surface area contributed by atoms with Gasteiger partial charge in [-0.25, -0.2) is 0 Å². The third-order valence-corrected chi connectivity index (χ3v) is 4.53. The summed E-state index contributed by atoms with van der Waals surface area (Å²) in [4.78, 5) is 26.4. The number of halogens is 3. The summed E-state index contributed by atoms with van der Waals surface area (Å²) in [7, 11) is 1.46. The second-order valence-corrected chi connectivity index (χ2v) is 6.33. The van der Waals surface area contributed by atoms with E-state index in [0.717, 1.165) is 35.4 Å². The number of nitrogens with zero attached hydrogens (tertiary/aromatic N) is 1. The Labute approximate surface area is 150 Å². The van der Waals surface area contributed by atoms with Crippen molar-refractivity contribution >= 4 is 11.7 Å². The van der Waals surface area contributed by atoms with Gasteiger partial charge in [0.25, 0.3) is 5.91 Å². The third-order valence-electron chi connectivity index (χ3n) is 4.53. The Kier molecular flexibility index (Phi) is 5.54. The molecule has 0 saturated carbocycles. The molecule has 2 aromatic carbocycles. The zero-order valence-electron chi connectivity index (χ0n) is 15.0. The maximum absolute atomic E-state index is 12.6. The Bertz CT molecular complexity index is 826. The molecular formula is C20H20F3NO2. The first-order valence-corrected chi connectivity index (χ1v) is 8.08. The predicted octanol–water partition coefficient (Wildman–Crippen LogP) is 4.67. The lowest BCUT2D eigenvalue weighted by molar-refractivity contribution is -0.137. The van der Waals surface area contributed by atoms with Gasteiger partial charge < -0.3 is 4.90 Å². The summed E-state index contributed by atoms with van der Waals surface area (Å²) in [5, 5.41) is 0. The Morgan fingerprint density at radius 3 is 1.96 bits per heavy atom. The monoisotopic (exact) mass is 363 g/mol. The number of rotatable bonds is 4. The molecule has 0 aromatic heterocycles. The highest BCUT2D eigenvalue weighted by molar-refractivity contribution is 6.04. The van der Waals surface area contributed by atoms with Gasteiger partial charge in [0.1, 0.15) is 0 Å². The van der Waals surface area contributed by atoms with Gasteiger partial charge in [0.2, 0.25) is 0 Å². The van der Waals surface area contributed by atoms with Crippen LogP contribution in [0.5, 0.6) is 0 Å². The van der Waals surface area contributed by atoms with Gasteiger partial charge in [-0.3, -0.25) is 9.59 Å². The smallest absolute Gasteiger partial charge is 0.332 e. The largest absolute Gasteiger partial charge is 0.416 e. The molecule has 0 aliphatic rings. The van der Waals surface area contributed by atoms with Crippen LogP contribution in [0, 0.1) is 13.8 Å². The van der Waals surface area contributed by atoms with Crippen LogP contribution in [0.1, 0.15) is 44.3 Å². The highest BCUT2D eigenvalue weighted by Crippen LogP contribution is 2.29. The molecule has 0 N–H and O–H groups in total. The van der Waals surface area contributed by atoms with E-state index < -0.39 is 23.7 Å². The maximum Gasteiger partial charge on any atom is 0.416 e. The SMILES string of the molecule is Cc1ccc(C(=O)C(C)N(C)C(=O)c2ccc(C(F)(F)F)cc2)cc1C. The highest BCUT2D eigenvalue weighted by Gasteiger charge is 2.31. The molecule has 3 nitrogen and oxygen atoms in total. The quantitative estimate of drug-likeness (QED) is 0.741. The molecule has 138 valence electrons. The van der Waals surface area contributed by atoms with Crippen LogP contribution >= 0.6 is 0 Å². The van der Waals surface area contributed by atoms with Crippen LogP contribution in [-0.2, 0) is 6.18 Å². The number of benzene rings is 2. The van der Waals surface area contributed by atoms with E-state index in [1.54, 1.807) is 19.1 Å². The van der Waals surface area contributed by atoms with Crippen LogP contribution in [0.2, 0.25) is 0 Å². The minimum absolute atomic E-state index is 0.0974. The Morgan fingerprint density at radius 2 is 1.46 bits per heavy atom. The Morgan fingerprint density at radius 1 is 0.923 bits per heavy atom. The summed E-state index contributed by atoms with van der Waals surface area (Å²) in [5.74, 6) is -0.737. The van der Waals surface area contributed by atoms with E-state index in [4.69, 9.17) is 0 Å². The standard InChI is InChI=1S/C20H20F3NO2/c1-12-5-6-16(11-13(12)2)18(25)14(3)24(4)19(26)15-7-9-17(10-8-15)20(21,22)23/h5-11,14H,1-4H3. The van der Waals surface area contributed by atoms with E-state index in [1.165, 1.54) is 11.9 Å². The molecule has 0 saturated heterocycles. The zero-order valence-corrected chi connectivity index (χ0v) is 15.0. The fourth-order valence-electron chi connectivity index (χ4n) is 2.49. The van der Waals surface area contributed by atoms with Crippen LogP contribution < -0.4 is 0 Å². The molecule has 1 atom stereocenters. The first-order valence-electron chi connectivity index (χ1n) is 8.08. The molecule has 2 rings (SSSR count). The lowest BCUT2D eigenvalue weighted by Gasteiger charge is -2.24. The molecule has 2 aromatic rings. The Hall–Kier alpha value is -2.63. The van der Waals surface area contributed by atoms with Gasteiger partial charge in [-0.1, -0.05) is 12.1 Å². The van der Waals surface area contributed by atoms with Gasteiger partial charge >= 0.3 is 6.18 Å². The Balaban J connectivity index is 2.18. The second-order valence-electron chi connectivity index (χ2n) is 6.33. The number of carbonyl (C=O) groups excluding carboxylic acids is 2. The van der Waals surface area contributed by atoms with Gasteiger partial charge in [0.05, 0.1) is 11.6 Å². The van der Waals surface area contributed by atoms with Crippen molar-refractivity contribution in [2.75, 3.05) is 7.05 Å². The normalized spacial score (nSPS) is 12.6. The van der Waals surface area contributed by atoms with Crippen molar-refractivity contribution in [2.45, 2.75) is 33.0 Å². The minimum atomic E-state index is -4.46. The summed E-state index contributed by atoms with van der Waals surface area (Å²) in [6.45, 7) is 5.43. The van der Waals surface area contributed by atoms with E-state index in [9.17, 15) is 22.8 Å². The average molecular weight is 363 g/mol. The van der Waals surface area contributed by atoms with E-state index in [-0.39, 0.29) is 11.3 Å². The molecule has 0 spiro atoms. The molecule has 6 heteroatoms. The third kappa shape index (κ3) is 4.12. The molecule has 0 aliphatic heterocycles. The number of ketones is 1. The molecule has 1 unspecified atom stereocenters. The minimum Gasteiger partial charge on any atom is -0.332 e. The number of Topliss-reactive ketones (excluding diaryl/α,β-unsaturated/α-hetero) is 1. The molecular weight excluding hydrogens is 343 g/mol. The topological polar surface area (TPSA) is 37.4 Å². The molecule has 0 bridgehead atoms. The van der Waals surface area contributed by atoms with Gasteiger partial charge in [-0.15, -0.1) is 0 Å². The number of alkyl halides is 3. The van der Waals surface area contributed by atoms with Crippen LogP contribution in [0.3, 0.4) is 0 Å². The zero-order chi connectivity index (χ0) is 19.6. The number of amides is 1. The van der Waals surface area contributed by atoms with Crippen molar-refractivity contribution in [3.05, 3.63) is 70.3 Å². The predicted molar refractivity (Wildman–Crippen MR) is 93.2 cm³/mol. The van der Waals surface area contributed by atoms with Crippen molar-refractivity contribution in [1.29, 1.82) is 0 Å². The number of carbonyl (C=O) groups is 2. The van der Waals surface area contributed by atoms with Crippen LogP contribution in [0.15, 0.2) is 42.5 Å². The molecule has 0 radical (unpaired) electrons. The van der Waals surface area contributed by atoms with Crippen molar-refractivity contribution < 1.29 is 22.8 Å². The summed E-state index contributed by atoms with van der Waals surface area (Å²) in [6.07, 6.45) is -4.46. The first-order chi connectivity index (χ1) is 12.0. The molecule has 0 heterocycles. The van der Waals surface area contributed by atoms with E-state index in [2.05, 4.69) is 0 Å². The molecule has 1 amide bonds. The number of aryl methyl sites for hydroxylation is 2. The van der Waals surface area contributed by atoms with Gasteiger partial charge in [-0.05, 0) is 62.2 Å². The summed E-state index contributed by atoms with van der Waals surface area (Å²) < 4.78 is 37.9. The molecule has 0 fully saturated rings. The highest BCUT2D eigenvalue weighted by atomic mass is 19.4. The number of hydrogen-bond acceptors (Lipinski definition) is 2. The fourth-order valence-corrected chi connectivity index (χ4v) is 2.49. The van der Waals surface area contributed by atoms with Crippen molar-refractivity contribution in [1.82, 2.24) is 4.90 Å². The van der Waals surface area contributed by atoms with Gasteiger partial charge in [0.15, 0.2) is 5.78 Å². The lowest BCUT2D eigenvalue weighted by atomic mass is 9.99. The summed E-state index contributed by atoms with van der Waals surface area (Å²) in [5.41, 5.74) is 1.80. The summed E-state index contributed by atoms with van der Waals surface area (Å²) >= 11 is 0. The second kappa shape index (κ2) is 7.32. The van der Waals surface area contributed by atoms with Gasteiger partial charge in [-0.2, -0.15) is 13.2 Å². The molecule has 26 heavy (non-hydrogen) atoms. The average Bonchev–Trinajstić information content (AvgIpc) is 2.61. The van der Waals surface area contributed by atoms with Crippen molar-refractivity contribution in [3.8, 4) is 0 Å². The fraction of sp³-hybridized carbons (Fsp3) is 0.300. The number of likely N-dealkylation sites (N-methyl/N-ethyl adjacent to an activating group) is 1. The summed E-state index contributed by atoms with van der Waals surface area (Å²) in [6, 6.07) is 8.53. The van der Waals surface area contributed by atoms with E-state index in [0.29, 0.717) is 5.56 Å². The van der Waals surface area contributed by atoms with E-state index >= 15 is 0 Å². The first kappa shape index (κ1) is 19.7. The van der Waals surface area contributed by atoms with Gasteiger partial charge in [0, 0.05) is 18.2 Å². The van der Waals surface area contributed by atoms with Crippen LogP contribution in [-0.4, -0.2) is 29.7 Å². The van der Waals surface area contributed by atoms with Crippen molar-refractivity contribution in [3.63, 3.8) is 0 Å². The van der Waals surface area contributed by atoms with Crippen molar-refractivity contribution in [2.24, 2.45) is 0 Å². The van der Waals surface area contributed by atoms with Crippen LogP contribution in [0.4, 0.5) is 13.2 Å². The van der Waals surface area contributed by atoms with E-state index in [1.807, 2.05) is 19.9 Å². The molecule has 0 aliphatic carbocycles. The maximum atomic E-state index is 12.6. The van der Waals surface area contributed by atoms with Crippen LogP contribution in [0.25, 0.3) is 0 Å². The lowest BCUT2D eigenvalue weighted by Crippen LogP contribution is -2.40. The number of hydrogen-bond donors (Lipinski definition) is 0.